The second-order valence-electron chi connectivity index (χ2n) is 6.90. The fourth-order valence-electron chi connectivity index (χ4n) is 3.67. The van der Waals surface area contributed by atoms with Gasteiger partial charge in [0.2, 0.25) is 0 Å². The van der Waals surface area contributed by atoms with Crippen LogP contribution in [0, 0.1) is 5.82 Å². The summed E-state index contributed by atoms with van der Waals surface area (Å²) in [5.41, 5.74) is 1.95. The molecule has 1 heterocycles. The number of nitrogens with one attached hydrogen (secondary N) is 1. The second kappa shape index (κ2) is 6.44. The predicted octanol–water partition coefficient (Wildman–Crippen LogP) is 4.45. The van der Waals surface area contributed by atoms with Gasteiger partial charge in [-0.3, -0.25) is 0 Å². The minimum absolute atomic E-state index is 0.198. The van der Waals surface area contributed by atoms with Crippen LogP contribution >= 0.6 is 0 Å². The van der Waals surface area contributed by atoms with E-state index in [1.165, 1.54) is 57.1 Å². The molecule has 23 heavy (non-hydrogen) atoms. The minimum atomic E-state index is -0.198. The average molecular weight is 313 g/mol. The number of halogens is 1. The Morgan fingerprint density at radius 2 is 1.78 bits per heavy atom. The van der Waals surface area contributed by atoms with Crippen LogP contribution in [-0.4, -0.2) is 15.6 Å². The van der Waals surface area contributed by atoms with Gasteiger partial charge in [0.15, 0.2) is 0 Å². The molecule has 0 bridgehead atoms. The molecule has 2 aliphatic carbocycles. The third kappa shape index (κ3) is 3.18. The topological polar surface area (TPSA) is 29.9 Å². The van der Waals surface area contributed by atoms with E-state index in [9.17, 15) is 4.39 Å². The summed E-state index contributed by atoms with van der Waals surface area (Å²) in [6.45, 7) is 0.836. The van der Waals surface area contributed by atoms with E-state index in [0.717, 1.165) is 23.6 Å². The quantitative estimate of drug-likeness (QED) is 0.884. The van der Waals surface area contributed by atoms with Gasteiger partial charge in [0.25, 0.3) is 0 Å². The Morgan fingerprint density at radius 1 is 1.04 bits per heavy atom. The first-order chi connectivity index (χ1) is 11.3. The van der Waals surface area contributed by atoms with Gasteiger partial charge in [-0.15, -0.1) is 0 Å². The Kier molecular flexibility index (Phi) is 4.17. The molecule has 2 aromatic rings. The van der Waals surface area contributed by atoms with Crippen LogP contribution in [-0.2, 0) is 6.54 Å². The van der Waals surface area contributed by atoms with Gasteiger partial charge in [0.05, 0.1) is 12.2 Å². The van der Waals surface area contributed by atoms with Gasteiger partial charge in [-0.1, -0.05) is 19.3 Å². The molecule has 0 saturated heterocycles. The number of rotatable bonds is 5. The molecular formula is C19H24FN3. The first kappa shape index (κ1) is 14.9. The van der Waals surface area contributed by atoms with Crippen molar-refractivity contribution in [2.45, 2.75) is 63.6 Å². The van der Waals surface area contributed by atoms with Crippen LogP contribution in [0.25, 0.3) is 11.3 Å². The fraction of sp³-hybridized carbons (Fsp3) is 0.526. The molecule has 1 aromatic carbocycles. The standard InChI is InChI=1S/C19H24FN3/c20-15-10-8-14(9-11-15)18-13-23(17-6-1-2-7-17)19(22-18)12-21-16-4-3-5-16/h8-11,13,16-17,21H,1-7,12H2. The molecule has 0 aliphatic heterocycles. The van der Waals surface area contributed by atoms with E-state index in [0.29, 0.717) is 12.1 Å². The first-order valence-electron chi connectivity index (χ1n) is 8.87. The Bertz CT molecular complexity index is 652. The predicted molar refractivity (Wildman–Crippen MR) is 89.6 cm³/mol. The van der Waals surface area contributed by atoms with Crippen molar-refractivity contribution in [1.82, 2.24) is 14.9 Å². The van der Waals surface area contributed by atoms with Gasteiger partial charge in [0.1, 0.15) is 11.6 Å². The Balaban J connectivity index is 1.60. The monoisotopic (exact) mass is 313 g/mol. The minimum Gasteiger partial charge on any atom is -0.330 e. The average Bonchev–Trinajstić information content (AvgIpc) is 3.15. The molecule has 4 rings (SSSR count). The first-order valence-corrected chi connectivity index (χ1v) is 8.87. The largest absolute Gasteiger partial charge is 0.330 e. The van der Waals surface area contributed by atoms with Crippen LogP contribution in [0.2, 0.25) is 0 Å². The van der Waals surface area contributed by atoms with Crippen LogP contribution in [0.5, 0.6) is 0 Å². The van der Waals surface area contributed by atoms with E-state index >= 15 is 0 Å². The SMILES string of the molecule is Fc1ccc(-c2cn(C3CCCC3)c(CNC3CCC3)n2)cc1. The van der Waals surface area contributed by atoms with E-state index in [-0.39, 0.29) is 5.82 Å². The fourth-order valence-corrected chi connectivity index (χ4v) is 3.67. The molecule has 2 fully saturated rings. The third-order valence-electron chi connectivity index (χ3n) is 5.32. The van der Waals surface area contributed by atoms with Crippen molar-refractivity contribution >= 4 is 0 Å². The molecular weight excluding hydrogens is 289 g/mol. The molecule has 3 nitrogen and oxygen atoms in total. The maximum absolute atomic E-state index is 13.2. The number of benzene rings is 1. The van der Waals surface area contributed by atoms with Crippen molar-refractivity contribution < 1.29 is 4.39 Å². The maximum atomic E-state index is 13.2. The zero-order valence-electron chi connectivity index (χ0n) is 13.5. The lowest BCUT2D eigenvalue weighted by molar-refractivity contribution is 0.330. The van der Waals surface area contributed by atoms with Crippen molar-refractivity contribution in [3.8, 4) is 11.3 Å². The van der Waals surface area contributed by atoms with E-state index in [4.69, 9.17) is 4.98 Å². The van der Waals surface area contributed by atoms with Crippen LogP contribution in [0.3, 0.4) is 0 Å². The molecule has 2 saturated carbocycles. The molecule has 1 N–H and O–H groups in total. The summed E-state index contributed by atoms with van der Waals surface area (Å²) < 4.78 is 15.5. The summed E-state index contributed by atoms with van der Waals surface area (Å²) in [4.78, 5) is 4.86. The van der Waals surface area contributed by atoms with E-state index in [2.05, 4.69) is 16.1 Å². The van der Waals surface area contributed by atoms with Crippen molar-refractivity contribution in [1.29, 1.82) is 0 Å². The van der Waals surface area contributed by atoms with Crippen LogP contribution in [0.4, 0.5) is 4.39 Å². The summed E-state index contributed by atoms with van der Waals surface area (Å²) in [6, 6.07) is 7.90. The molecule has 0 atom stereocenters. The highest BCUT2D eigenvalue weighted by Crippen LogP contribution is 2.32. The van der Waals surface area contributed by atoms with Crippen molar-refractivity contribution in [2.75, 3.05) is 0 Å². The number of aromatic nitrogens is 2. The second-order valence-corrected chi connectivity index (χ2v) is 6.90. The van der Waals surface area contributed by atoms with Gasteiger partial charge >= 0.3 is 0 Å². The number of imidazole rings is 1. The normalized spacial score (nSPS) is 19.2. The summed E-state index contributed by atoms with van der Waals surface area (Å²) in [5.74, 6) is 0.930. The molecule has 0 unspecified atom stereocenters. The molecule has 2 aliphatic rings. The van der Waals surface area contributed by atoms with Gasteiger partial charge in [-0.25, -0.2) is 9.37 Å². The van der Waals surface area contributed by atoms with Crippen molar-refractivity contribution in [2.24, 2.45) is 0 Å². The summed E-state index contributed by atoms with van der Waals surface area (Å²) in [7, 11) is 0. The highest BCUT2D eigenvalue weighted by atomic mass is 19.1. The highest BCUT2D eigenvalue weighted by molar-refractivity contribution is 5.58. The highest BCUT2D eigenvalue weighted by Gasteiger charge is 2.23. The van der Waals surface area contributed by atoms with Crippen molar-refractivity contribution in [3.63, 3.8) is 0 Å². The Labute approximate surface area is 136 Å². The maximum Gasteiger partial charge on any atom is 0.123 e. The lowest BCUT2D eigenvalue weighted by atomic mass is 9.93. The lowest BCUT2D eigenvalue weighted by Gasteiger charge is -2.26. The van der Waals surface area contributed by atoms with Gasteiger partial charge < -0.3 is 9.88 Å². The summed E-state index contributed by atoms with van der Waals surface area (Å²) >= 11 is 0. The molecule has 0 radical (unpaired) electrons. The number of hydrogen-bond acceptors (Lipinski definition) is 2. The Hall–Kier alpha value is -1.68. The molecule has 0 amide bonds. The van der Waals surface area contributed by atoms with Gasteiger partial charge in [-0.05, 0) is 49.9 Å². The van der Waals surface area contributed by atoms with Crippen molar-refractivity contribution in [3.05, 3.63) is 42.1 Å². The summed E-state index contributed by atoms with van der Waals surface area (Å²) in [5, 5.41) is 3.63. The van der Waals surface area contributed by atoms with Gasteiger partial charge in [-0.2, -0.15) is 0 Å². The molecule has 4 heteroatoms. The number of hydrogen-bond donors (Lipinski definition) is 1. The lowest BCUT2D eigenvalue weighted by Crippen LogP contribution is -2.35. The summed E-state index contributed by atoms with van der Waals surface area (Å²) in [6.07, 6.45) is 11.2. The zero-order chi connectivity index (χ0) is 15.6. The smallest absolute Gasteiger partial charge is 0.123 e. The van der Waals surface area contributed by atoms with E-state index < -0.39 is 0 Å². The molecule has 122 valence electrons. The van der Waals surface area contributed by atoms with E-state index in [1.807, 2.05) is 12.1 Å². The van der Waals surface area contributed by atoms with Gasteiger partial charge in [0, 0.05) is 23.8 Å². The number of nitrogens with zero attached hydrogens (tertiary/aromatic N) is 2. The van der Waals surface area contributed by atoms with Crippen LogP contribution < -0.4 is 5.32 Å². The zero-order valence-corrected chi connectivity index (χ0v) is 13.5. The van der Waals surface area contributed by atoms with Crippen LogP contribution in [0.1, 0.15) is 56.8 Å². The Morgan fingerprint density at radius 3 is 2.43 bits per heavy atom. The molecule has 0 spiro atoms. The van der Waals surface area contributed by atoms with Crippen LogP contribution in [0.15, 0.2) is 30.5 Å². The molecule has 1 aromatic heterocycles. The third-order valence-corrected chi connectivity index (χ3v) is 5.32. The van der Waals surface area contributed by atoms with E-state index in [1.54, 1.807) is 0 Å².